The minimum atomic E-state index is -0.624. The molecule has 0 bridgehead atoms. The highest BCUT2D eigenvalue weighted by Crippen LogP contribution is 2.35. The molecule has 0 saturated heterocycles. The first-order valence-electron chi connectivity index (χ1n) is 6.62. The summed E-state index contributed by atoms with van der Waals surface area (Å²) in [5, 5.41) is 12.8. The molecule has 0 radical (unpaired) electrons. The summed E-state index contributed by atoms with van der Waals surface area (Å²) in [6.45, 7) is 9.05. The number of aliphatic hydroxyl groups is 1. The average molecular weight is 249 g/mol. The van der Waals surface area contributed by atoms with E-state index in [0.29, 0.717) is 6.61 Å². The Morgan fingerprint density at radius 3 is 2.72 bits per heavy atom. The van der Waals surface area contributed by atoms with Gasteiger partial charge in [-0.05, 0) is 23.5 Å². The van der Waals surface area contributed by atoms with Crippen molar-refractivity contribution in [3.63, 3.8) is 0 Å². The van der Waals surface area contributed by atoms with E-state index in [0.717, 1.165) is 17.7 Å². The van der Waals surface area contributed by atoms with Crippen molar-refractivity contribution < 1.29 is 9.84 Å². The molecule has 1 aromatic rings. The van der Waals surface area contributed by atoms with Crippen molar-refractivity contribution in [2.24, 2.45) is 0 Å². The van der Waals surface area contributed by atoms with E-state index in [9.17, 15) is 5.11 Å². The first-order chi connectivity index (χ1) is 8.41. The second kappa shape index (κ2) is 4.90. The van der Waals surface area contributed by atoms with Gasteiger partial charge >= 0.3 is 0 Å². The SMILES string of the molecule is CCC1OCC(O)Nc2ccc(C(C)(C)C)cc21. The molecule has 0 fully saturated rings. The van der Waals surface area contributed by atoms with Crippen molar-refractivity contribution >= 4 is 5.69 Å². The topological polar surface area (TPSA) is 41.5 Å². The molecule has 2 unspecified atom stereocenters. The largest absolute Gasteiger partial charge is 0.371 e. The number of hydrogen-bond acceptors (Lipinski definition) is 3. The summed E-state index contributed by atoms with van der Waals surface area (Å²) in [5.41, 5.74) is 3.56. The smallest absolute Gasteiger partial charge is 0.148 e. The Bertz CT molecular complexity index is 423. The summed E-state index contributed by atoms with van der Waals surface area (Å²) < 4.78 is 5.75. The third-order valence-corrected chi connectivity index (χ3v) is 3.41. The summed E-state index contributed by atoms with van der Waals surface area (Å²) in [4.78, 5) is 0. The van der Waals surface area contributed by atoms with Crippen molar-refractivity contribution in [2.45, 2.75) is 51.9 Å². The van der Waals surface area contributed by atoms with Gasteiger partial charge in [-0.3, -0.25) is 0 Å². The maximum absolute atomic E-state index is 9.74. The molecular formula is C15H23NO2. The summed E-state index contributed by atoms with van der Waals surface area (Å²) in [5.74, 6) is 0. The number of ether oxygens (including phenoxy) is 1. The van der Waals surface area contributed by atoms with Crippen LogP contribution in [0.3, 0.4) is 0 Å². The van der Waals surface area contributed by atoms with Gasteiger partial charge in [-0.25, -0.2) is 0 Å². The normalized spacial score (nSPS) is 24.1. The van der Waals surface area contributed by atoms with Crippen LogP contribution in [0.15, 0.2) is 18.2 Å². The average Bonchev–Trinajstić information content (AvgIpc) is 2.45. The molecule has 1 aliphatic rings. The maximum Gasteiger partial charge on any atom is 0.148 e. The zero-order valence-electron chi connectivity index (χ0n) is 11.7. The molecule has 0 aliphatic carbocycles. The second-order valence-electron chi connectivity index (χ2n) is 5.94. The molecule has 2 atom stereocenters. The fourth-order valence-electron chi connectivity index (χ4n) is 2.28. The fourth-order valence-corrected chi connectivity index (χ4v) is 2.28. The van der Waals surface area contributed by atoms with E-state index < -0.39 is 6.23 Å². The van der Waals surface area contributed by atoms with E-state index in [4.69, 9.17) is 4.74 Å². The van der Waals surface area contributed by atoms with Crippen molar-refractivity contribution in [1.82, 2.24) is 0 Å². The third kappa shape index (κ3) is 2.68. The van der Waals surface area contributed by atoms with Crippen LogP contribution in [0.25, 0.3) is 0 Å². The summed E-state index contributed by atoms with van der Waals surface area (Å²) >= 11 is 0. The molecule has 0 saturated carbocycles. The van der Waals surface area contributed by atoms with Crippen LogP contribution in [0.2, 0.25) is 0 Å². The van der Waals surface area contributed by atoms with Crippen molar-refractivity contribution in [3.05, 3.63) is 29.3 Å². The molecule has 3 nitrogen and oxygen atoms in total. The number of fused-ring (bicyclic) bond motifs is 1. The number of benzene rings is 1. The van der Waals surface area contributed by atoms with Gasteiger partial charge in [0.1, 0.15) is 6.23 Å². The molecule has 1 heterocycles. The highest BCUT2D eigenvalue weighted by molar-refractivity contribution is 5.55. The van der Waals surface area contributed by atoms with Crippen LogP contribution in [-0.2, 0) is 10.2 Å². The quantitative estimate of drug-likeness (QED) is 0.803. The number of aliphatic hydroxyl groups excluding tert-OH is 1. The minimum Gasteiger partial charge on any atom is -0.371 e. The molecule has 2 rings (SSSR count). The van der Waals surface area contributed by atoms with E-state index >= 15 is 0 Å². The number of nitrogens with one attached hydrogen (secondary N) is 1. The lowest BCUT2D eigenvalue weighted by molar-refractivity contribution is 0.00356. The van der Waals surface area contributed by atoms with Gasteiger partial charge in [0.25, 0.3) is 0 Å². The van der Waals surface area contributed by atoms with E-state index in [-0.39, 0.29) is 11.5 Å². The van der Waals surface area contributed by atoms with Gasteiger partial charge in [0.15, 0.2) is 0 Å². The number of rotatable bonds is 1. The van der Waals surface area contributed by atoms with Gasteiger partial charge in [-0.1, -0.05) is 39.8 Å². The van der Waals surface area contributed by atoms with E-state index in [1.54, 1.807) is 0 Å². The molecular weight excluding hydrogens is 226 g/mol. The Morgan fingerprint density at radius 2 is 2.11 bits per heavy atom. The Hall–Kier alpha value is -1.06. The first-order valence-corrected chi connectivity index (χ1v) is 6.62. The van der Waals surface area contributed by atoms with Crippen LogP contribution in [0.4, 0.5) is 5.69 Å². The lowest BCUT2D eigenvalue weighted by Gasteiger charge is -2.23. The maximum atomic E-state index is 9.74. The standard InChI is InChI=1S/C15H23NO2/c1-5-13-11-8-10(15(2,3)4)6-7-12(11)16-14(17)9-18-13/h6-8,13-14,16-17H,5,9H2,1-4H3. The van der Waals surface area contributed by atoms with Gasteiger partial charge in [-0.15, -0.1) is 0 Å². The van der Waals surface area contributed by atoms with Crippen LogP contribution in [0.5, 0.6) is 0 Å². The Labute approximate surface area is 109 Å². The van der Waals surface area contributed by atoms with Crippen molar-refractivity contribution in [1.29, 1.82) is 0 Å². The Balaban J connectivity index is 2.45. The Kier molecular flexibility index (Phi) is 3.64. The second-order valence-corrected chi connectivity index (χ2v) is 5.94. The highest BCUT2D eigenvalue weighted by Gasteiger charge is 2.24. The Morgan fingerprint density at radius 1 is 1.39 bits per heavy atom. The number of anilines is 1. The van der Waals surface area contributed by atoms with Crippen LogP contribution >= 0.6 is 0 Å². The molecule has 0 aromatic heterocycles. The van der Waals surface area contributed by atoms with Gasteiger partial charge < -0.3 is 15.2 Å². The molecule has 3 heteroatoms. The molecule has 100 valence electrons. The predicted octanol–water partition coefficient (Wildman–Crippen LogP) is 3.20. The zero-order chi connectivity index (χ0) is 13.3. The van der Waals surface area contributed by atoms with Gasteiger partial charge in [0, 0.05) is 11.3 Å². The van der Waals surface area contributed by atoms with Gasteiger partial charge in [0.2, 0.25) is 0 Å². The van der Waals surface area contributed by atoms with Crippen LogP contribution in [0.1, 0.15) is 51.3 Å². The lowest BCUT2D eigenvalue weighted by Crippen LogP contribution is -2.22. The fraction of sp³-hybridized carbons (Fsp3) is 0.600. The monoisotopic (exact) mass is 249 g/mol. The third-order valence-electron chi connectivity index (χ3n) is 3.41. The molecule has 2 N–H and O–H groups in total. The molecule has 18 heavy (non-hydrogen) atoms. The van der Waals surface area contributed by atoms with Crippen LogP contribution < -0.4 is 5.32 Å². The molecule has 1 aliphatic heterocycles. The van der Waals surface area contributed by atoms with Crippen LogP contribution in [-0.4, -0.2) is 17.9 Å². The summed E-state index contributed by atoms with van der Waals surface area (Å²) in [6, 6.07) is 6.38. The molecule has 0 spiro atoms. The van der Waals surface area contributed by atoms with Crippen molar-refractivity contribution in [2.75, 3.05) is 11.9 Å². The summed E-state index contributed by atoms with van der Waals surface area (Å²) in [6.07, 6.45) is 0.349. The molecule has 0 amide bonds. The van der Waals surface area contributed by atoms with Gasteiger partial charge in [0.05, 0.1) is 12.7 Å². The van der Waals surface area contributed by atoms with E-state index in [1.807, 2.05) is 0 Å². The van der Waals surface area contributed by atoms with Crippen molar-refractivity contribution in [3.8, 4) is 0 Å². The zero-order valence-corrected chi connectivity index (χ0v) is 11.7. The molecule has 1 aromatic carbocycles. The minimum absolute atomic E-state index is 0.0620. The summed E-state index contributed by atoms with van der Waals surface area (Å²) in [7, 11) is 0. The number of hydrogen-bond donors (Lipinski definition) is 2. The predicted molar refractivity (Wildman–Crippen MR) is 73.8 cm³/mol. The van der Waals surface area contributed by atoms with Crippen LogP contribution in [0, 0.1) is 0 Å². The first kappa shape index (κ1) is 13.4. The van der Waals surface area contributed by atoms with Gasteiger partial charge in [-0.2, -0.15) is 0 Å². The van der Waals surface area contributed by atoms with E-state index in [2.05, 4.69) is 51.2 Å². The lowest BCUT2D eigenvalue weighted by atomic mass is 9.85. The van der Waals surface area contributed by atoms with E-state index in [1.165, 1.54) is 5.56 Å². The highest BCUT2D eigenvalue weighted by atomic mass is 16.5.